The first-order valence-corrected chi connectivity index (χ1v) is 10.9. The van der Waals surface area contributed by atoms with Gasteiger partial charge in [0.2, 0.25) is 0 Å². The van der Waals surface area contributed by atoms with Crippen molar-refractivity contribution in [1.29, 1.82) is 0 Å². The van der Waals surface area contributed by atoms with Gasteiger partial charge in [-0.25, -0.2) is 4.98 Å². The average Bonchev–Trinajstić information content (AvgIpc) is 2.81. The highest BCUT2D eigenvalue weighted by Crippen LogP contribution is 2.31. The zero-order chi connectivity index (χ0) is 22.7. The Morgan fingerprint density at radius 3 is 2.47 bits per heavy atom. The van der Waals surface area contributed by atoms with E-state index in [1.165, 1.54) is 0 Å². The monoisotopic (exact) mass is 426 g/mol. The number of piperazine rings is 1. The van der Waals surface area contributed by atoms with Crippen LogP contribution in [0.4, 0.5) is 11.5 Å². The second-order valence-corrected chi connectivity index (χ2v) is 8.33. The fourth-order valence-electron chi connectivity index (χ4n) is 4.02. The molecule has 0 N–H and O–H groups in total. The molecule has 1 aromatic carbocycles. The van der Waals surface area contributed by atoms with Crippen molar-refractivity contribution in [2.24, 2.45) is 10.2 Å². The molecule has 0 aliphatic carbocycles. The van der Waals surface area contributed by atoms with Gasteiger partial charge < -0.3 is 9.80 Å². The zero-order valence-corrected chi connectivity index (χ0v) is 19.3. The van der Waals surface area contributed by atoms with E-state index in [0.29, 0.717) is 0 Å². The molecule has 0 saturated carbocycles. The van der Waals surface area contributed by atoms with Crippen LogP contribution in [0.5, 0.6) is 0 Å². The lowest BCUT2D eigenvalue weighted by atomic mass is 9.94. The van der Waals surface area contributed by atoms with Crippen LogP contribution < -0.4 is 4.90 Å². The molecule has 0 unspecified atom stereocenters. The Labute approximate surface area is 190 Å². The van der Waals surface area contributed by atoms with E-state index in [1.54, 1.807) is 7.05 Å². The molecule has 1 fully saturated rings. The van der Waals surface area contributed by atoms with Gasteiger partial charge in [-0.3, -0.25) is 4.98 Å². The van der Waals surface area contributed by atoms with Crippen LogP contribution >= 0.6 is 0 Å². The summed E-state index contributed by atoms with van der Waals surface area (Å²) in [5.74, 6) is 1.02. The van der Waals surface area contributed by atoms with Gasteiger partial charge in [-0.2, -0.15) is 10.2 Å². The molecular weight excluding hydrogens is 396 g/mol. The first-order valence-electron chi connectivity index (χ1n) is 10.9. The van der Waals surface area contributed by atoms with Crippen molar-refractivity contribution >= 4 is 17.1 Å². The fourth-order valence-corrected chi connectivity index (χ4v) is 4.02. The maximum absolute atomic E-state index is 4.69. The molecule has 3 heterocycles. The molecule has 0 spiro atoms. The summed E-state index contributed by atoms with van der Waals surface area (Å²) < 4.78 is 0. The van der Waals surface area contributed by atoms with E-state index in [1.807, 2.05) is 44.4 Å². The predicted molar refractivity (Wildman–Crippen MR) is 132 cm³/mol. The number of benzene rings is 1. The van der Waals surface area contributed by atoms with E-state index >= 15 is 0 Å². The number of likely N-dealkylation sites (N-methyl/N-ethyl adjacent to an activating group) is 1. The van der Waals surface area contributed by atoms with Crippen molar-refractivity contribution in [3.05, 3.63) is 77.8 Å². The van der Waals surface area contributed by atoms with Gasteiger partial charge in [0, 0.05) is 62.4 Å². The minimum atomic E-state index is 0.876. The normalized spacial score (nSPS) is 14.8. The van der Waals surface area contributed by atoms with Crippen LogP contribution in [0.3, 0.4) is 0 Å². The number of hydrogen-bond acceptors (Lipinski definition) is 6. The molecule has 6 heteroatoms. The maximum atomic E-state index is 4.69. The standard InChI is InChI=1S/C26H30N6/c1-18-14-21(6-7-25(18)30-27-4)19(2)24-15-23(17-29-20(24)3)22-8-9-28-26(16-22)32-12-10-31(5)11-13-32/h6-9,14-17H,2,10-13H2,1,3-5H3. The maximum Gasteiger partial charge on any atom is 0.129 e. The summed E-state index contributed by atoms with van der Waals surface area (Å²) in [7, 11) is 3.84. The highest BCUT2D eigenvalue weighted by molar-refractivity contribution is 5.82. The quantitative estimate of drug-likeness (QED) is 0.520. The summed E-state index contributed by atoms with van der Waals surface area (Å²) in [6.45, 7) is 12.6. The van der Waals surface area contributed by atoms with Crippen molar-refractivity contribution in [3.8, 4) is 11.1 Å². The van der Waals surface area contributed by atoms with Crippen LogP contribution in [0, 0.1) is 13.8 Å². The molecule has 0 bridgehead atoms. The summed E-state index contributed by atoms with van der Waals surface area (Å²) in [6, 6.07) is 12.5. The van der Waals surface area contributed by atoms with E-state index in [2.05, 4.69) is 61.8 Å². The Hall–Kier alpha value is -3.38. The van der Waals surface area contributed by atoms with Crippen molar-refractivity contribution in [2.75, 3.05) is 45.2 Å². The van der Waals surface area contributed by atoms with E-state index in [9.17, 15) is 0 Å². The molecule has 0 atom stereocenters. The second kappa shape index (κ2) is 9.40. The number of nitrogens with zero attached hydrogens (tertiary/aromatic N) is 6. The van der Waals surface area contributed by atoms with Crippen molar-refractivity contribution in [3.63, 3.8) is 0 Å². The Kier molecular flexibility index (Phi) is 6.42. The van der Waals surface area contributed by atoms with Gasteiger partial charge in [-0.05, 0) is 73.5 Å². The Morgan fingerprint density at radius 1 is 0.969 bits per heavy atom. The van der Waals surface area contributed by atoms with Gasteiger partial charge in [0.1, 0.15) is 5.82 Å². The van der Waals surface area contributed by atoms with Crippen LogP contribution in [0.25, 0.3) is 16.7 Å². The molecule has 164 valence electrons. The van der Waals surface area contributed by atoms with Gasteiger partial charge in [0.25, 0.3) is 0 Å². The minimum Gasteiger partial charge on any atom is -0.354 e. The fraction of sp³-hybridized carbons (Fsp3) is 0.308. The highest BCUT2D eigenvalue weighted by atomic mass is 15.3. The zero-order valence-electron chi connectivity index (χ0n) is 19.3. The summed E-state index contributed by atoms with van der Waals surface area (Å²) in [4.78, 5) is 14.0. The molecule has 1 saturated heterocycles. The van der Waals surface area contributed by atoms with Crippen LogP contribution in [-0.4, -0.2) is 55.1 Å². The first-order chi connectivity index (χ1) is 15.5. The van der Waals surface area contributed by atoms with Crippen molar-refractivity contribution in [2.45, 2.75) is 13.8 Å². The third kappa shape index (κ3) is 4.60. The van der Waals surface area contributed by atoms with E-state index < -0.39 is 0 Å². The number of aryl methyl sites for hydroxylation is 2. The van der Waals surface area contributed by atoms with Gasteiger partial charge >= 0.3 is 0 Å². The predicted octanol–water partition coefficient (Wildman–Crippen LogP) is 5.29. The number of aromatic nitrogens is 2. The lowest BCUT2D eigenvalue weighted by Crippen LogP contribution is -2.44. The molecule has 0 amide bonds. The van der Waals surface area contributed by atoms with Gasteiger partial charge in [0.15, 0.2) is 0 Å². The number of hydrogen-bond donors (Lipinski definition) is 0. The average molecular weight is 427 g/mol. The molecule has 32 heavy (non-hydrogen) atoms. The smallest absolute Gasteiger partial charge is 0.129 e. The largest absolute Gasteiger partial charge is 0.354 e. The molecule has 4 rings (SSSR count). The molecule has 3 aromatic rings. The van der Waals surface area contributed by atoms with Crippen molar-refractivity contribution in [1.82, 2.24) is 14.9 Å². The lowest BCUT2D eigenvalue weighted by Gasteiger charge is -2.33. The molecule has 1 aliphatic heterocycles. The number of rotatable bonds is 5. The summed E-state index contributed by atoms with van der Waals surface area (Å²) in [6.07, 6.45) is 3.83. The minimum absolute atomic E-state index is 0.876. The molecule has 1 aliphatic rings. The molecule has 2 aromatic heterocycles. The van der Waals surface area contributed by atoms with Gasteiger partial charge in [-0.1, -0.05) is 12.6 Å². The molecule has 0 radical (unpaired) electrons. The van der Waals surface area contributed by atoms with E-state index in [-0.39, 0.29) is 0 Å². The SMILES string of the molecule is C=C(c1ccc(N=NC)c(C)c1)c1cc(-c2ccnc(N3CCN(C)CC3)c2)cnc1C. The van der Waals surface area contributed by atoms with Crippen LogP contribution in [0.15, 0.2) is 65.6 Å². The summed E-state index contributed by atoms with van der Waals surface area (Å²) in [5, 5.41) is 8.06. The van der Waals surface area contributed by atoms with E-state index in [0.717, 1.165) is 76.8 Å². The lowest BCUT2D eigenvalue weighted by molar-refractivity contribution is 0.312. The summed E-state index contributed by atoms with van der Waals surface area (Å²) >= 11 is 0. The topological polar surface area (TPSA) is 57.0 Å². The second-order valence-electron chi connectivity index (χ2n) is 8.33. The number of azo groups is 1. The molecule has 6 nitrogen and oxygen atoms in total. The Morgan fingerprint density at radius 2 is 1.75 bits per heavy atom. The molecular formula is C26H30N6. The van der Waals surface area contributed by atoms with E-state index in [4.69, 9.17) is 0 Å². The Bertz CT molecular complexity index is 1160. The third-order valence-electron chi connectivity index (χ3n) is 6.07. The summed E-state index contributed by atoms with van der Waals surface area (Å²) in [5.41, 5.74) is 8.15. The first kappa shape index (κ1) is 21.8. The highest BCUT2D eigenvalue weighted by Gasteiger charge is 2.16. The van der Waals surface area contributed by atoms with Crippen LogP contribution in [0.1, 0.15) is 22.4 Å². The Balaban J connectivity index is 1.64. The van der Waals surface area contributed by atoms with Gasteiger partial charge in [0.05, 0.1) is 5.69 Å². The van der Waals surface area contributed by atoms with Crippen molar-refractivity contribution < 1.29 is 0 Å². The van der Waals surface area contributed by atoms with Gasteiger partial charge in [-0.15, -0.1) is 0 Å². The number of pyridine rings is 2. The third-order valence-corrected chi connectivity index (χ3v) is 6.07. The van der Waals surface area contributed by atoms with Crippen LogP contribution in [-0.2, 0) is 0 Å². The van der Waals surface area contributed by atoms with Crippen LogP contribution in [0.2, 0.25) is 0 Å². The number of anilines is 1.